The summed E-state index contributed by atoms with van der Waals surface area (Å²) in [6.45, 7) is 3.75. The van der Waals surface area contributed by atoms with Crippen LogP contribution in [0.4, 0.5) is 0 Å². The summed E-state index contributed by atoms with van der Waals surface area (Å²) in [6.07, 6.45) is 6.18. The lowest BCUT2D eigenvalue weighted by atomic mass is 10.3. The number of rotatable bonds is 2. The first-order valence-electron chi connectivity index (χ1n) is 2.76. The van der Waals surface area contributed by atoms with Gasteiger partial charge in [0.25, 0.3) is 0 Å². The molecule has 8 heavy (non-hydrogen) atoms. The number of hydrogen-bond acceptors (Lipinski definition) is 1. The molecule has 1 nitrogen and oxygen atoms in total. The Morgan fingerprint density at radius 3 is 2.50 bits per heavy atom. The molecule has 0 aromatic heterocycles. The predicted octanol–water partition coefficient (Wildman–Crippen LogP) is 2.41. The van der Waals surface area contributed by atoms with E-state index < -0.39 is 0 Å². The van der Waals surface area contributed by atoms with Gasteiger partial charge in [0.15, 0.2) is 0 Å². The van der Waals surface area contributed by atoms with Crippen molar-refractivity contribution in [2.24, 2.45) is 0 Å². The van der Waals surface area contributed by atoms with Gasteiger partial charge >= 0.3 is 0 Å². The van der Waals surface area contributed by atoms with Crippen molar-refractivity contribution < 1.29 is 5.11 Å². The lowest BCUT2D eigenvalue weighted by Crippen LogP contribution is -1.73. The van der Waals surface area contributed by atoms with Crippen molar-refractivity contribution in [2.75, 3.05) is 0 Å². The van der Waals surface area contributed by atoms with Gasteiger partial charge in [-0.3, -0.25) is 0 Å². The predicted molar refractivity (Wildman–Crippen MR) is 35.8 cm³/mol. The van der Waals surface area contributed by atoms with E-state index in [9.17, 15) is 0 Å². The lowest BCUT2D eigenvalue weighted by Gasteiger charge is -1.88. The Hall–Kier alpha value is -0.720. The molecule has 0 aromatic carbocycles. The maximum absolute atomic E-state index is 8.80. The Bertz CT molecular complexity index is 101. The summed E-state index contributed by atoms with van der Waals surface area (Å²) in [6, 6.07) is 0. The summed E-state index contributed by atoms with van der Waals surface area (Å²) in [7, 11) is 0. The zero-order valence-corrected chi connectivity index (χ0v) is 5.39. The van der Waals surface area contributed by atoms with Gasteiger partial charge in [0.2, 0.25) is 0 Å². The highest BCUT2D eigenvalue weighted by Crippen LogP contribution is 1.95. The summed E-state index contributed by atoms with van der Waals surface area (Å²) >= 11 is 0. The van der Waals surface area contributed by atoms with Crippen molar-refractivity contribution in [3.05, 3.63) is 24.0 Å². The van der Waals surface area contributed by atoms with Gasteiger partial charge in [-0.1, -0.05) is 12.2 Å². The molecule has 0 atom stereocenters. The van der Waals surface area contributed by atoms with E-state index in [2.05, 4.69) is 0 Å². The molecule has 0 fully saturated rings. The smallest absolute Gasteiger partial charge is 0.0917 e. The minimum Gasteiger partial charge on any atom is -0.512 e. The third-order valence-corrected chi connectivity index (χ3v) is 0.896. The first kappa shape index (κ1) is 7.28. The van der Waals surface area contributed by atoms with Gasteiger partial charge in [-0.15, -0.1) is 0 Å². The standard InChI is InChI=1S/C7H12O/c1-3-5-6-7(8)4-2/h3-5,8H,6H2,1-2H3/b5-3-,7-4+. The normalized spacial score (nSPS) is 13.0. The van der Waals surface area contributed by atoms with Crippen LogP contribution in [-0.4, -0.2) is 5.11 Å². The van der Waals surface area contributed by atoms with Crippen LogP contribution in [0.5, 0.6) is 0 Å². The molecule has 0 aromatic rings. The third kappa shape index (κ3) is 3.47. The fraction of sp³-hybridized carbons (Fsp3) is 0.429. The molecule has 0 aliphatic carbocycles. The van der Waals surface area contributed by atoms with E-state index in [-0.39, 0.29) is 0 Å². The summed E-state index contributed by atoms with van der Waals surface area (Å²) in [5.74, 6) is 0.433. The van der Waals surface area contributed by atoms with Crippen LogP contribution in [0.2, 0.25) is 0 Å². The van der Waals surface area contributed by atoms with E-state index in [1.165, 1.54) is 0 Å². The molecular weight excluding hydrogens is 100 g/mol. The summed E-state index contributed by atoms with van der Waals surface area (Å²) in [5.41, 5.74) is 0. The van der Waals surface area contributed by atoms with Crippen LogP contribution >= 0.6 is 0 Å². The first-order chi connectivity index (χ1) is 3.81. The first-order valence-corrected chi connectivity index (χ1v) is 2.76. The molecule has 0 amide bonds. The SMILES string of the molecule is C/C=C\C/C(O)=C\C. The van der Waals surface area contributed by atoms with Crippen molar-refractivity contribution in [3.8, 4) is 0 Å². The summed E-state index contributed by atoms with van der Waals surface area (Å²) in [4.78, 5) is 0. The molecule has 0 bridgehead atoms. The van der Waals surface area contributed by atoms with E-state index in [1.54, 1.807) is 6.08 Å². The highest BCUT2D eigenvalue weighted by atomic mass is 16.3. The van der Waals surface area contributed by atoms with E-state index >= 15 is 0 Å². The minimum absolute atomic E-state index is 0.433. The fourth-order valence-corrected chi connectivity index (χ4v) is 0.356. The summed E-state index contributed by atoms with van der Waals surface area (Å²) in [5, 5.41) is 8.80. The van der Waals surface area contributed by atoms with E-state index in [0.717, 1.165) is 0 Å². The highest BCUT2D eigenvalue weighted by Gasteiger charge is 1.80. The molecule has 0 unspecified atom stereocenters. The van der Waals surface area contributed by atoms with Crippen molar-refractivity contribution in [1.29, 1.82) is 0 Å². The minimum atomic E-state index is 0.433. The van der Waals surface area contributed by atoms with Gasteiger partial charge in [-0.05, 0) is 19.9 Å². The molecule has 0 aliphatic rings. The quantitative estimate of drug-likeness (QED) is 0.429. The van der Waals surface area contributed by atoms with Gasteiger partial charge in [0.05, 0.1) is 5.76 Å². The zero-order chi connectivity index (χ0) is 6.41. The van der Waals surface area contributed by atoms with Crippen LogP contribution < -0.4 is 0 Å². The molecule has 0 rings (SSSR count). The van der Waals surface area contributed by atoms with E-state index in [4.69, 9.17) is 5.11 Å². The zero-order valence-electron chi connectivity index (χ0n) is 5.39. The topological polar surface area (TPSA) is 20.2 Å². The molecule has 0 saturated carbocycles. The average Bonchev–Trinajstić information content (AvgIpc) is 1.83. The highest BCUT2D eigenvalue weighted by molar-refractivity contribution is 4.96. The van der Waals surface area contributed by atoms with Crippen LogP contribution in [0.1, 0.15) is 20.3 Å². The Labute approximate surface area is 50.3 Å². The van der Waals surface area contributed by atoms with Crippen LogP contribution in [0.15, 0.2) is 24.0 Å². The average molecular weight is 112 g/mol. The van der Waals surface area contributed by atoms with Crippen molar-refractivity contribution >= 4 is 0 Å². The molecule has 1 N–H and O–H groups in total. The second-order valence-corrected chi connectivity index (χ2v) is 1.55. The molecule has 0 aliphatic heterocycles. The lowest BCUT2D eigenvalue weighted by molar-refractivity contribution is 0.400. The molecule has 1 heteroatoms. The van der Waals surface area contributed by atoms with Gasteiger partial charge in [-0.2, -0.15) is 0 Å². The monoisotopic (exact) mass is 112 g/mol. The maximum atomic E-state index is 8.80. The number of allylic oxidation sites excluding steroid dienone is 3. The van der Waals surface area contributed by atoms with Gasteiger partial charge in [0.1, 0.15) is 0 Å². The third-order valence-electron chi connectivity index (χ3n) is 0.896. The number of aliphatic hydroxyl groups is 1. The van der Waals surface area contributed by atoms with Crippen LogP contribution in [-0.2, 0) is 0 Å². The molecule has 0 spiro atoms. The Kier molecular flexibility index (Phi) is 4.04. The van der Waals surface area contributed by atoms with Crippen molar-refractivity contribution in [3.63, 3.8) is 0 Å². The van der Waals surface area contributed by atoms with E-state index in [0.29, 0.717) is 12.2 Å². The van der Waals surface area contributed by atoms with Crippen LogP contribution in [0.25, 0.3) is 0 Å². The van der Waals surface area contributed by atoms with Gasteiger partial charge < -0.3 is 5.11 Å². The number of hydrogen-bond donors (Lipinski definition) is 1. The fourth-order valence-electron chi connectivity index (χ4n) is 0.356. The largest absolute Gasteiger partial charge is 0.512 e. The Balaban J connectivity index is 3.40. The molecule has 0 heterocycles. The van der Waals surface area contributed by atoms with Crippen molar-refractivity contribution in [1.82, 2.24) is 0 Å². The van der Waals surface area contributed by atoms with E-state index in [1.807, 2.05) is 26.0 Å². The Morgan fingerprint density at radius 2 is 2.12 bits per heavy atom. The number of aliphatic hydroxyl groups excluding tert-OH is 1. The Morgan fingerprint density at radius 1 is 1.50 bits per heavy atom. The molecule has 0 radical (unpaired) electrons. The second kappa shape index (κ2) is 4.44. The molecular formula is C7H12O. The van der Waals surface area contributed by atoms with Crippen LogP contribution in [0, 0.1) is 0 Å². The van der Waals surface area contributed by atoms with Crippen LogP contribution in [0.3, 0.4) is 0 Å². The summed E-state index contributed by atoms with van der Waals surface area (Å²) < 4.78 is 0. The molecule has 46 valence electrons. The van der Waals surface area contributed by atoms with Crippen molar-refractivity contribution in [2.45, 2.75) is 20.3 Å². The van der Waals surface area contributed by atoms with Gasteiger partial charge in [-0.25, -0.2) is 0 Å². The molecule has 0 saturated heterocycles. The van der Waals surface area contributed by atoms with Gasteiger partial charge in [0, 0.05) is 6.42 Å². The maximum Gasteiger partial charge on any atom is 0.0917 e. The second-order valence-electron chi connectivity index (χ2n) is 1.55.